The lowest BCUT2D eigenvalue weighted by molar-refractivity contribution is -0.151. The van der Waals surface area contributed by atoms with Gasteiger partial charge in [-0.25, -0.2) is 14.8 Å². The van der Waals surface area contributed by atoms with Crippen molar-refractivity contribution < 1.29 is 19.1 Å². The highest BCUT2D eigenvalue weighted by molar-refractivity contribution is 14.1. The van der Waals surface area contributed by atoms with E-state index < -0.39 is 6.16 Å². The van der Waals surface area contributed by atoms with Gasteiger partial charge in [0.1, 0.15) is 18.2 Å². The van der Waals surface area contributed by atoms with Gasteiger partial charge in [0.05, 0.1) is 6.10 Å². The summed E-state index contributed by atoms with van der Waals surface area (Å²) in [5.41, 5.74) is 2.19. The molecule has 8 nitrogen and oxygen atoms in total. The summed E-state index contributed by atoms with van der Waals surface area (Å²) in [4.78, 5) is 25.2. The predicted octanol–water partition coefficient (Wildman–Crippen LogP) is 4.45. The van der Waals surface area contributed by atoms with Crippen LogP contribution in [0, 0.1) is 10.5 Å². The van der Waals surface area contributed by atoms with Gasteiger partial charge in [-0.15, -0.1) is 5.06 Å². The third kappa shape index (κ3) is 6.70. The number of anilines is 2. The molecule has 0 bridgehead atoms. The normalized spacial score (nSPS) is 15.2. The largest absolute Gasteiger partial charge is 0.528 e. The van der Waals surface area contributed by atoms with Crippen molar-refractivity contribution in [3.8, 4) is 5.88 Å². The molecule has 29 heavy (non-hydrogen) atoms. The van der Waals surface area contributed by atoms with Crippen LogP contribution >= 0.6 is 22.6 Å². The molecule has 1 aliphatic rings. The first-order valence-corrected chi connectivity index (χ1v) is 10.6. The Labute approximate surface area is 184 Å². The molecule has 2 heterocycles. The molecule has 0 aliphatic carbocycles. The quantitative estimate of drug-likeness (QED) is 0.449. The average molecular weight is 512 g/mol. The molecule has 3 rings (SSSR count). The van der Waals surface area contributed by atoms with E-state index in [0.29, 0.717) is 24.8 Å². The lowest BCUT2D eigenvalue weighted by atomic mass is 10.1. The number of aromatic nitrogens is 2. The minimum atomic E-state index is -0.670. The van der Waals surface area contributed by atoms with Crippen molar-refractivity contribution in [1.82, 2.24) is 15.0 Å². The van der Waals surface area contributed by atoms with E-state index >= 15 is 0 Å². The molecule has 2 aromatic rings. The third-order valence-corrected chi connectivity index (χ3v) is 5.47. The second-order valence-electron chi connectivity index (χ2n) is 7.08. The maximum Gasteiger partial charge on any atom is 0.528 e. The molecule has 156 valence electrons. The second-order valence-corrected chi connectivity index (χ2v) is 8.25. The Balaban J connectivity index is 1.50. The Morgan fingerprint density at radius 1 is 1.24 bits per heavy atom. The number of halogens is 1. The average Bonchev–Trinajstić information content (AvgIpc) is 2.66. The summed E-state index contributed by atoms with van der Waals surface area (Å²) in [7, 11) is 0. The summed E-state index contributed by atoms with van der Waals surface area (Å²) < 4.78 is 12.2. The van der Waals surface area contributed by atoms with Crippen molar-refractivity contribution in [3.05, 3.63) is 39.7 Å². The van der Waals surface area contributed by atoms with Crippen LogP contribution in [0.1, 0.15) is 32.3 Å². The van der Waals surface area contributed by atoms with Crippen LogP contribution < -0.4 is 10.1 Å². The first kappa shape index (κ1) is 21.6. The molecule has 1 N–H and O–H groups in total. The Morgan fingerprint density at radius 3 is 2.69 bits per heavy atom. The number of rotatable bonds is 6. The first-order chi connectivity index (χ1) is 13.9. The number of nitrogens with one attached hydrogen (secondary N) is 1. The number of carbonyl (C=O) groups excluding carboxylic acids is 1. The summed E-state index contributed by atoms with van der Waals surface area (Å²) in [6.45, 7) is 6.80. The zero-order valence-electron chi connectivity index (χ0n) is 16.7. The molecule has 1 aromatic heterocycles. The molecule has 1 fully saturated rings. The fourth-order valence-corrected chi connectivity index (χ4v) is 3.34. The smallest absolute Gasteiger partial charge is 0.474 e. The van der Waals surface area contributed by atoms with Crippen molar-refractivity contribution in [2.75, 3.05) is 18.4 Å². The van der Waals surface area contributed by atoms with E-state index in [2.05, 4.69) is 56.9 Å². The molecular weight excluding hydrogens is 487 g/mol. The lowest BCUT2D eigenvalue weighted by Crippen LogP contribution is -2.40. The molecule has 0 atom stereocenters. The zero-order valence-corrected chi connectivity index (χ0v) is 18.9. The van der Waals surface area contributed by atoms with Gasteiger partial charge in [0, 0.05) is 41.3 Å². The fourth-order valence-electron chi connectivity index (χ4n) is 2.82. The summed E-state index contributed by atoms with van der Waals surface area (Å²) in [6, 6.07) is 7.93. The minimum absolute atomic E-state index is 0.000887. The maximum absolute atomic E-state index is 11.6. The van der Waals surface area contributed by atoms with E-state index in [0.717, 1.165) is 18.5 Å². The van der Waals surface area contributed by atoms with Crippen molar-refractivity contribution >= 4 is 40.3 Å². The number of aryl methyl sites for hydroxylation is 1. The highest BCUT2D eigenvalue weighted by Crippen LogP contribution is 2.23. The van der Waals surface area contributed by atoms with Crippen LogP contribution in [0.5, 0.6) is 5.88 Å². The van der Waals surface area contributed by atoms with E-state index in [1.807, 2.05) is 6.07 Å². The van der Waals surface area contributed by atoms with Gasteiger partial charge >= 0.3 is 6.16 Å². The molecule has 0 radical (unpaired) electrons. The highest BCUT2D eigenvalue weighted by atomic mass is 127. The number of ether oxygens (including phenoxy) is 2. The monoisotopic (exact) mass is 512 g/mol. The Kier molecular flexibility index (Phi) is 7.48. The van der Waals surface area contributed by atoms with Crippen LogP contribution in [0.3, 0.4) is 0 Å². The van der Waals surface area contributed by atoms with E-state index in [4.69, 9.17) is 14.3 Å². The van der Waals surface area contributed by atoms with Gasteiger partial charge in [-0.05, 0) is 61.1 Å². The summed E-state index contributed by atoms with van der Waals surface area (Å²) in [6.07, 6.45) is 2.05. The number of hydroxylamine groups is 2. The van der Waals surface area contributed by atoms with Crippen molar-refractivity contribution in [2.24, 2.45) is 0 Å². The number of piperidine rings is 1. The van der Waals surface area contributed by atoms with Gasteiger partial charge in [-0.2, -0.15) is 0 Å². The van der Waals surface area contributed by atoms with Crippen molar-refractivity contribution in [3.63, 3.8) is 0 Å². The van der Waals surface area contributed by atoms with Gasteiger partial charge in [-0.1, -0.05) is 6.07 Å². The molecule has 0 saturated carbocycles. The predicted molar refractivity (Wildman–Crippen MR) is 117 cm³/mol. The Hall–Kier alpha value is -2.14. The van der Waals surface area contributed by atoms with Crippen molar-refractivity contribution in [2.45, 2.75) is 45.8 Å². The minimum Gasteiger partial charge on any atom is -0.474 e. The molecule has 9 heteroatoms. The molecule has 1 saturated heterocycles. The third-order valence-electron chi connectivity index (χ3n) is 4.31. The number of nitrogens with zero attached hydrogens (tertiary/aromatic N) is 3. The molecule has 1 aromatic carbocycles. The van der Waals surface area contributed by atoms with Crippen LogP contribution in [0.25, 0.3) is 0 Å². The second kappa shape index (κ2) is 10.1. The molecule has 0 unspecified atom stereocenters. The van der Waals surface area contributed by atoms with Crippen LogP contribution in [-0.2, 0) is 9.57 Å². The lowest BCUT2D eigenvalue weighted by Gasteiger charge is -2.30. The van der Waals surface area contributed by atoms with Crippen LogP contribution in [-0.4, -0.2) is 46.5 Å². The van der Waals surface area contributed by atoms with Gasteiger partial charge in [0.2, 0.25) is 5.88 Å². The Morgan fingerprint density at radius 2 is 2.00 bits per heavy atom. The number of hydrogen-bond acceptors (Lipinski definition) is 8. The SMILES string of the molecule is Cc1ccc(Nc2cc(OC3CCN(OC(=O)OC(C)C)CC3)ncn2)cc1I. The number of carbonyl (C=O) groups is 1. The molecule has 0 amide bonds. The maximum atomic E-state index is 11.6. The van der Waals surface area contributed by atoms with Crippen LogP contribution in [0.4, 0.5) is 16.3 Å². The standard InChI is InChI=1S/C20H25IN4O4/c1-13(2)27-20(26)29-25-8-6-16(7-9-25)28-19-11-18(22-12-23-19)24-15-5-4-14(3)17(21)10-15/h4-5,10-13,16H,6-9H2,1-3H3,(H,22,23,24). The topological polar surface area (TPSA) is 85.8 Å². The molecule has 0 spiro atoms. The zero-order chi connectivity index (χ0) is 20.8. The van der Waals surface area contributed by atoms with E-state index in [1.165, 1.54) is 15.5 Å². The highest BCUT2D eigenvalue weighted by Gasteiger charge is 2.24. The van der Waals surface area contributed by atoms with Crippen LogP contribution in [0.2, 0.25) is 0 Å². The van der Waals surface area contributed by atoms with E-state index in [1.54, 1.807) is 25.0 Å². The van der Waals surface area contributed by atoms with E-state index in [9.17, 15) is 4.79 Å². The summed E-state index contributed by atoms with van der Waals surface area (Å²) in [5.74, 6) is 1.19. The van der Waals surface area contributed by atoms with Gasteiger partial charge in [-0.3, -0.25) is 0 Å². The van der Waals surface area contributed by atoms with Crippen molar-refractivity contribution in [1.29, 1.82) is 0 Å². The molecular formula is C20H25IN4O4. The van der Waals surface area contributed by atoms with Gasteiger partial charge in [0.25, 0.3) is 0 Å². The van der Waals surface area contributed by atoms with E-state index in [-0.39, 0.29) is 12.2 Å². The van der Waals surface area contributed by atoms with Crippen LogP contribution in [0.15, 0.2) is 30.6 Å². The van der Waals surface area contributed by atoms with Gasteiger partial charge in [0.15, 0.2) is 0 Å². The fraction of sp³-hybridized carbons (Fsp3) is 0.450. The number of benzene rings is 1. The summed E-state index contributed by atoms with van der Waals surface area (Å²) in [5, 5.41) is 4.89. The van der Waals surface area contributed by atoms with Gasteiger partial charge < -0.3 is 19.6 Å². The summed E-state index contributed by atoms with van der Waals surface area (Å²) >= 11 is 2.31. The molecule has 1 aliphatic heterocycles. The number of hydrogen-bond donors (Lipinski definition) is 1. The Bertz CT molecular complexity index is 841. The first-order valence-electron chi connectivity index (χ1n) is 9.54.